The number of carbonyl (C=O) groups is 2. The van der Waals surface area contributed by atoms with Gasteiger partial charge in [0.25, 0.3) is 0 Å². The number of fused-ring (bicyclic) bond motifs is 1. The van der Waals surface area contributed by atoms with Gasteiger partial charge in [-0.05, 0) is 25.1 Å². The number of rotatable bonds is 4. The first-order chi connectivity index (χ1) is 9.93. The average Bonchev–Trinajstić information content (AvgIpc) is 2.43. The fraction of sp³-hybridized carbons (Fsp3) is 0.231. The summed E-state index contributed by atoms with van der Waals surface area (Å²) < 4.78 is 5.70. The molecule has 1 aromatic carbocycles. The second kappa shape index (κ2) is 5.61. The van der Waals surface area contributed by atoms with Crippen molar-refractivity contribution in [2.45, 2.75) is 13.5 Å². The van der Waals surface area contributed by atoms with Gasteiger partial charge in [0.1, 0.15) is 6.54 Å². The van der Waals surface area contributed by atoms with Crippen LogP contribution >= 0.6 is 0 Å². The lowest BCUT2D eigenvalue weighted by Gasteiger charge is -2.09. The molecule has 0 radical (unpaired) electrons. The second-order valence-corrected chi connectivity index (χ2v) is 4.19. The molecule has 0 aliphatic rings. The number of nitrogens with zero attached hydrogens (tertiary/aromatic N) is 1. The minimum absolute atomic E-state index is 0.0421. The van der Waals surface area contributed by atoms with Gasteiger partial charge in [-0.3, -0.25) is 19.0 Å². The summed E-state index contributed by atoms with van der Waals surface area (Å²) in [5.41, 5.74) is -1.48. The zero-order valence-electron chi connectivity index (χ0n) is 11.1. The monoisotopic (exact) mass is 292 g/mol. The molecular formula is C13H12N2O6. The van der Waals surface area contributed by atoms with E-state index in [9.17, 15) is 19.2 Å². The summed E-state index contributed by atoms with van der Waals surface area (Å²) in [6, 6.07) is 3.86. The molecule has 2 aromatic rings. The highest BCUT2D eigenvalue weighted by molar-refractivity contribution is 5.92. The maximum Gasteiger partial charge on any atom is 0.335 e. The molecule has 1 aromatic heterocycles. The smallest absolute Gasteiger partial charge is 0.335 e. The minimum atomic E-state index is -1.17. The standard InChI is InChI=1S/C13H12N2O6/c1-2-21-10(16)6-15-9-4-3-7(13(19)20)5-8(9)14-11(17)12(15)18/h3-5H,2,6H2,1H3,(H,14,17)(H,19,20). The fourth-order valence-electron chi connectivity index (χ4n) is 1.91. The van der Waals surface area contributed by atoms with Crippen molar-refractivity contribution in [2.75, 3.05) is 6.61 Å². The maximum atomic E-state index is 11.8. The number of benzene rings is 1. The van der Waals surface area contributed by atoms with E-state index >= 15 is 0 Å². The van der Waals surface area contributed by atoms with Gasteiger partial charge in [-0.15, -0.1) is 0 Å². The summed E-state index contributed by atoms with van der Waals surface area (Å²) in [7, 11) is 0. The summed E-state index contributed by atoms with van der Waals surface area (Å²) in [5.74, 6) is -1.82. The number of aromatic carboxylic acids is 1. The summed E-state index contributed by atoms with van der Waals surface area (Å²) in [6.07, 6.45) is 0. The predicted molar refractivity (Wildman–Crippen MR) is 72.4 cm³/mol. The lowest BCUT2D eigenvalue weighted by Crippen LogP contribution is -2.38. The molecule has 8 heteroatoms. The highest BCUT2D eigenvalue weighted by Gasteiger charge is 2.13. The minimum Gasteiger partial charge on any atom is -0.478 e. The Hall–Kier alpha value is -2.90. The Kier molecular flexibility index (Phi) is 3.88. The topological polar surface area (TPSA) is 118 Å². The molecule has 8 nitrogen and oxygen atoms in total. The Bertz CT molecular complexity index is 833. The van der Waals surface area contributed by atoms with E-state index in [1.807, 2.05) is 0 Å². The third-order valence-electron chi connectivity index (χ3n) is 2.81. The average molecular weight is 292 g/mol. The quantitative estimate of drug-likeness (QED) is 0.602. The maximum absolute atomic E-state index is 11.8. The first kappa shape index (κ1) is 14.5. The molecule has 1 heterocycles. The molecule has 0 atom stereocenters. The van der Waals surface area contributed by atoms with Crippen LogP contribution in [0, 0.1) is 0 Å². The molecule has 0 unspecified atom stereocenters. The Morgan fingerprint density at radius 3 is 2.67 bits per heavy atom. The van der Waals surface area contributed by atoms with Gasteiger partial charge in [-0.2, -0.15) is 0 Å². The third-order valence-corrected chi connectivity index (χ3v) is 2.81. The van der Waals surface area contributed by atoms with Crippen molar-refractivity contribution in [3.05, 3.63) is 44.5 Å². The van der Waals surface area contributed by atoms with Gasteiger partial charge in [0.15, 0.2) is 0 Å². The Balaban J connectivity index is 2.65. The number of carboxylic acid groups (broad SMARTS) is 1. The Morgan fingerprint density at radius 2 is 2.05 bits per heavy atom. The largest absolute Gasteiger partial charge is 0.478 e. The highest BCUT2D eigenvalue weighted by Crippen LogP contribution is 2.11. The van der Waals surface area contributed by atoms with E-state index in [0.717, 1.165) is 4.57 Å². The van der Waals surface area contributed by atoms with E-state index in [1.54, 1.807) is 6.92 Å². The molecule has 0 amide bonds. The van der Waals surface area contributed by atoms with Crippen LogP contribution in [0.1, 0.15) is 17.3 Å². The van der Waals surface area contributed by atoms with Gasteiger partial charge in [0, 0.05) is 0 Å². The van der Waals surface area contributed by atoms with Crippen LogP contribution in [0.3, 0.4) is 0 Å². The van der Waals surface area contributed by atoms with Crippen LogP contribution in [0.15, 0.2) is 27.8 Å². The number of aromatic nitrogens is 2. The number of esters is 1. The van der Waals surface area contributed by atoms with Gasteiger partial charge in [0.2, 0.25) is 0 Å². The van der Waals surface area contributed by atoms with E-state index in [1.165, 1.54) is 18.2 Å². The molecule has 0 saturated carbocycles. The number of nitrogens with one attached hydrogen (secondary N) is 1. The SMILES string of the molecule is CCOC(=O)Cn1c(=O)c(=O)[nH]c2cc(C(=O)O)ccc21. The van der Waals surface area contributed by atoms with E-state index in [0.29, 0.717) is 0 Å². The van der Waals surface area contributed by atoms with E-state index in [2.05, 4.69) is 4.98 Å². The van der Waals surface area contributed by atoms with Crippen LogP contribution in [-0.2, 0) is 16.1 Å². The van der Waals surface area contributed by atoms with Crippen molar-refractivity contribution in [3.8, 4) is 0 Å². The molecule has 0 spiro atoms. The van der Waals surface area contributed by atoms with Gasteiger partial charge < -0.3 is 14.8 Å². The summed E-state index contributed by atoms with van der Waals surface area (Å²) in [5, 5.41) is 8.92. The number of H-pyrrole nitrogens is 1. The number of hydrogen-bond acceptors (Lipinski definition) is 5. The van der Waals surface area contributed by atoms with Crippen molar-refractivity contribution >= 4 is 23.0 Å². The predicted octanol–water partition coefficient (Wildman–Crippen LogP) is -0.0489. The molecule has 21 heavy (non-hydrogen) atoms. The zero-order valence-corrected chi connectivity index (χ0v) is 11.1. The van der Waals surface area contributed by atoms with Crippen LogP contribution in [0.2, 0.25) is 0 Å². The molecule has 0 saturated heterocycles. The molecular weight excluding hydrogens is 280 g/mol. The molecule has 2 N–H and O–H groups in total. The number of ether oxygens (including phenoxy) is 1. The van der Waals surface area contributed by atoms with Crippen molar-refractivity contribution in [2.24, 2.45) is 0 Å². The first-order valence-corrected chi connectivity index (χ1v) is 6.10. The van der Waals surface area contributed by atoms with E-state index < -0.39 is 29.6 Å². The highest BCUT2D eigenvalue weighted by atomic mass is 16.5. The number of aromatic amines is 1. The van der Waals surface area contributed by atoms with E-state index in [4.69, 9.17) is 9.84 Å². The molecule has 110 valence electrons. The van der Waals surface area contributed by atoms with Crippen LogP contribution in [0.4, 0.5) is 0 Å². The van der Waals surface area contributed by atoms with Crippen LogP contribution in [0.25, 0.3) is 11.0 Å². The molecule has 0 aliphatic carbocycles. The second-order valence-electron chi connectivity index (χ2n) is 4.19. The van der Waals surface area contributed by atoms with Crippen LogP contribution in [-0.4, -0.2) is 33.2 Å². The van der Waals surface area contributed by atoms with Gasteiger partial charge in [-0.25, -0.2) is 4.79 Å². The molecule has 2 rings (SSSR count). The first-order valence-electron chi connectivity index (χ1n) is 6.10. The third kappa shape index (κ3) is 2.83. The van der Waals surface area contributed by atoms with Crippen molar-refractivity contribution in [1.29, 1.82) is 0 Å². The fourth-order valence-corrected chi connectivity index (χ4v) is 1.91. The van der Waals surface area contributed by atoms with Crippen molar-refractivity contribution in [1.82, 2.24) is 9.55 Å². The Morgan fingerprint density at radius 1 is 1.33 bits per heavy atom. The van der Waals surface area contributed by atoms with Gasteiger partial charge >= 0.3 is 23.1 Å². The summed E-state index contributed by atoms with van der Waals surface area (Å²) in [4.78, 5) is 48.1. The van der Waals surface area contributed by atoms with Crippen molar-refractivity contribution < 1.29 is 19.4 Å². The van der Waals surface area contributed by atoms with Gasteiger partial charge in [-0.1, -0.05) is 0 Å². The van der Waals surface area contributed by atoms with Crippen LogP contribution < -0.4 is 11.1 Å². The van der Waals surface area contributed by atoms with E-state index in [-0.39, 0.29) is 23.2 Å². The number of hydrogen-bond donors (Lipinski definition) is 2. The van der Waals surface area contributed by atoms with Crippen molar-refractivity contribution in [3.63, 3.8) is 0 Å². The van der Waals surface area contributed by atoms with Gasteiger partial charge in [0.05, 0.1) is 23.2 Å². The lowest BCUT2D eigenvalue weighted by atomic mass is 10.2. The molecule has 0 aliphatic heterocycles. The summed E-state index contributed by atoms with van der Waals surface area (Å²) >= 11 is 0. The molecule has 0 bridgehead atoms. The molecule has 0 fully saturated rings. The normalized spacial score (nSPS) is 10.5. The Labute approximate surface area is 117 Å². The number of carbonyl (C=O) groups excluding carboxylic acids is 1. The summed E-state index contributed by atoms with van der Waals surface area (Å²) in [6.45, 7) is 1.35. The number of carboxylic acids is 1. The lowest BCUT2D eigenvalue weighted by molar-refractivity contribution is -0.143. The zero-order chi connectivity index (χ0) is 15.6. The van der Waals surface area contributed by atoms with Crippen LogP contribution in [0.5, 0.6) is 0 Å².